The minimum atomic E-state index is -0.310. The number of allylic oxidation sites excluding steroid dienone is 3. The molecular formula is C46H65BO10. The van der Waals surface area contributed by atoms with Crippen LogP contribution in [0.2, 0.25) is 6.32 Å². The quantitative estimate of drug-likeness (QED) is 0.0458. The van der Waals surface area contributed by atoms with Crippen molar-refractivity contribution in [2.45, 2.75) is 69.8 Å². The minimum Gasteiger partial charge on any atom is -0.497 e. The average molecular weight is 789 g/mol. The Hall–Kier alpha value is -3.84. The summed E-state index contributed by atoms with van der Waals surface area (Å²) in [5, 5.41) is 18.3. The summed E-state index contributed by atoms with van der Waals surface area (Å²) >= 11 is 0. The van der Waals surface area contributed by atoms with Gasteiger partial charge in [0.25, 0.3) is 0 Å². The Morgan fingerprint density at radius 2 is 1.44 bits per heavy atom. The maximum absolute atomic E-state index is 9.28. The second kappa shape index (κ2) is 27.7. The molecule has 2 aromatic carbocycles. The summed E-state index contributed by atoms with van der Waals surface area (Å²) in [5.41, 5.74) is 4.59. The Labute approximate surface area is 341 Å². The van der Waals surface area contributed by atoms with Gasteiger partial charge in [0, 0.05) is 19.6 Å². The van der Waals surface area contributed by atoms with Crippen molar-refractivity contribution in [1.82, 2.24) is 0 Å². The van der Waals surface area contributed by atoms with Crippen molar-refractivity contribution in [2.24, 2.45) is 5.92 Å². The number of hydrogen-bond acceptors (Lipinski definition) is 10. The molecule has 0 aliphatic heterocycles. The fraction of sp³-hybridized carbons (Fsp3) is 0.522. The van der Waals surface area contributed by atoms with Crippen LogP contribution in [0.15, 0.2) is 108 Å². The Bertz CT molecular complexity index is 1540. The van der Waals surface area contributed by atoms with Gasteiger partial charge in [-0.25, -0.2) is 0 Å². The number of aliphatic hydroxyl groups is 2. The first-order valence-electron chi connectivity index (χ1n) is 20.7. The number of ether oxygens (including phenoxy) is 8. The van der Waals surface area contributed by atoms with Crippen molar-refractivity contribution >= 4 is 7.28 Å². The van der Waals surface area contributed by atoms with Crippen LogP contribution in [0.4, 0.5) is 0 Å². The number of hydrogen-bond donors (Lipinski definition) is 2. The van der Waals surface area contributed by atoms with E-state index in [0.29, 0.717) is 52.2 Å². The Kier molecular flexibility index (Phi) is 22.3. The lowest BCUT2D eigenvalue weighted by atomic mass is 9.64. The van der Waals surface area contributed by atoms with Crippen molar-refractivity contribution in [3.05, 3.63) is 114 Å². The van der Waals surface area contributed by atoms with Crippen molar-refractivity contribution in [3.8, 4) is 16.9 Å². The Morgan fingerprint density at radius 1 is 0.719 bits per heavy atom. The molecule has 10 nitrogen and oxygen atoms in total. The molecule has 0 radical (unpaired) electrons. The van der Waals surface area contributed by atoms with Gasteiger partial charge in [0.1, 0.15) is 37.6 Å². The van der Waals surface area contributed by atoms with E-state index in [2.05, 4.69) is 49.1 Å². The monoisotopic (exact) mass is 788 g/mol. The van der Waals surface area contributed by atoms with Crippen LogP contribution < -0.4 is 4.74 Å². The van der Waals surface area contributed by atoms with Gasteiger partial charge >= 0.3 is 0 Å². The molecule has 2 aliphatic carbocycles. The SMILES string of the molecule is C=CCCCOCCOCCOC1C=C(COc2ccc(-c3ccc(CBCC4C=C(OC)C(OCCCCCCO)=C(OC)C4)cc3)cc2)C=CC1OCCO. The Morgan fingerprint density at radius 3 is 2.16 bits per heavy atom. The first-order valence-corrected chi connectivity index (χ1v) is 20.7. The largest absolute Gasteiger partial charge is 0.497 e. The topological polar surface area (TPSA) is 114 Å². The van der Waals surface area contributed by atoms with Gasteiger partial charge in [-0.3, -0.25) is 0 Å². The first kappa shape index (κ1) is 45.9. The molecule has 11 heteroatoms. The summed E-state index contributed by atoms with van der Waals surface area (Å²) in [5.74, 6) is 3.43. The third-order valence-corrected chi connectivity index (χ3v) is 9.87. The second-order valence-electron chi connectivity index (χ2n) is 14.2. The molecule has 0 bridgehead atoms. The number of methoxy groups -OCH3 is 2. The van der Waals surface area contributed by atoms with E-state index in [1.807, 2.05) is 36.4 Å². The van der Waals surface area contributed by atoms with Crippen LogP contribution in [0.5, 0.6) is 5.75 Å². The maximum Gasteiger partial charge on any atom is 0.198 e. The molecule has 0 spiro atoms. The van der Waals surface area contributed by atoms with Crippen LogP contribution in [-0.2, 0) is 39.5 Å². The van der Waals surface area contributed by atoms with Crippen molar-refractivity contribution in [3.63, 3.8) is 0 Å². The van der Waals surface area contributed by atoms with Crippen LogP contribution in [0, 0.1) is 5.92 Å². The molecule has 0 saturated heterocycles. The summed E-state index contributed by atoms with van der Waals surface area (Å²) in [7, 11) is 4.44. The van der Waals surface area contributed by atoms with Crippen LogP contribution in [0.3, 0.4) is 0 Å². The number of unbranched alkanes of at least 4 members (excludes halogenated alkanes) is 4. The molecule has 3 atom stereocenters. The van der Waals surface area contributed by atoms with E-state index in [1.165, 1.54) is 5.56 Å². The average Bonchev–Trinajstić information content (AvgIpc) is 3.24. The maximum atomic E-state index is 9.28. The van der Waals surface area contributed by atoms with Gasteiger partial charge in [-0.05, 0) is 79.0 Å². The first-order chi connectivity index (χ1) is 28.1. The molecule has 312 valence electrons. The van der Waals surface area contributed by atoms with E-state index in [-0.39, 0.29) is 32.0 Å². The van der Waals surface area contributed by atoms with Crippen LogP contribution in [0.1, 0.15) is 50.5 Å². The van der Waals surface area contributed by atoms with E-state index in [0.717, 1.165) is 105 Å². The van der Waals surface area contributed by atoms with Gasteiger partial charge in [0.15, 0.2) is 11.5 Å². The minimum absolute atomic E-state index is 0.0526. The highest BCUT2D eigenvalue weighted by Gasteiger charge is 2.26. The fourth-order valence-electron chi connectivity index (χ4n) is 6.74. The van der Waals surface area contributed by atoms with Gasteiger partial charge in [-0.15, -0.1) is 6.58 Å². The Balaban J connectivity index is 1.19. The molecule has 0 fully saturated rings. The number of aliphatic hydroxyl groups excluding tert-OH is 2. The lowest BCUT2D eigenvalue weighted by Gasteiger charge is -2.26. The molecule has 2 aromatic rings. The lowest BCUT2D eigenvalue weighted by molar-refractivity contribution is -0.0565. The van der Waals surface area contributed by atoms with Gasteiger partial charge in [0.2, 0.25) is 0 Å². The van der Waals surface area contributed by atoms with Crippen LogP contribution in [-0.4, -0.2) is 110 Å². The molecule has 4 rings (SSSR count). The third kappa shape index (κ3) is 16.9. The molecule has 2 N–H and O–H groups in total. The van der Waals surface area contributed by atoms with Crippen molar-refractivity contribution in [1.29, 1.82) is 0 Å². The zero-order valence-electron chi connectivity index (χ0n) is 34.2. The molecule has 0 heterocycles. The fourth-order valence-corrected chi connectivity index (χ4v) is 6.74. The van der Waals surface area contributed by atoms with Gasteiger partial charge < -0.3 is 48.1 Å². The summed E-state index contributed by atoms with van der Waals surface area (Å²) in [4.78, 5) is 0. The third-order valence-electron chi connectivity index (χ3n) is 9.87. The van der Waals surface area contributed by atoms with E-state index in [1.54, 1.807) is 14.2 Å². The zero-order valence-corrected chi connectivity index (χ0v) is 34.2. The summed E-state index contributed by atoms with van der Waals surface area (Å²) in [6.07, 6.45) is 18.0. The molecule has 57 heavy (non-hydrogen) atoms. The van der Waals surface area contributed by atoms with E-state index < -0.39 is 0 Å². The molecule has 3 unspecified atom stereocenters. The molecule has 0 amide bonds. The standard InChI is InChI=1S/C46H65BO10/c1-4-5-9-23-52-26-27-53-28-29-55-43-30-37(13-20-42(43)54-25-22-49)35-57-41-18-16-40(17-19-41)39-14-11-36(12-15-39)33-47-34-38-31-44(50-2)46(45(32-38)51-3)56-24-10-7-6-8-21-48/h4,11-20,30-31,38,42-43,47-49H,1,5-10,21-29,32-35H2,2-3H3. The van der Waals surface area contributed by atoms with Gasteiger partial charge in [-0.1, -0.05) is 79.3 Å². The second-order valence-corrected chi connectivity index (χ2v) is 14.2. The van der Waals surface area contributed by atoms with Gasteiger partial charge in [-0.2, -0.15) is 0 Å². The predicted octanol–water partition coefficient (Wildman–Crippen LogP) is 7.32. The highest BCUT2D eigenvalue weighted by Crippen LogP contribution is 2.33. The highest BCUT2D eigenvalue weighted by molar-refractivity contribution is 6.35. The summed E-state index contributed by atoms with van der Waals surface area (Å²) in [6.45, 7) is 7.78. The summed E-state index contributed by atoms with van der Waals surface area (Å²) < 4.78 is 46.8. The lowest BCUT2D eigenvalue weighted by Crippen LogP contribution is -2.33. The summed E-state index contributed by atoms with van der Waals surface area (Å²) in [6, 6.07) is 17.0. The molecule has 0 saturated carbocycles. The zero-order chi connectivity index (χ0) is 40.3. The van der Waals surface area contributed by atoms with Crippen molar-refractivity contribution in [2.75, 3.05) is 80.3 Å². The smallest absolute Gasteiger partial charge is 0.198 e. The van der Waals surface area contributed by atoms with Crippen LogP contribution in [0.25, 0.3) is 11.1 Å². The van der Waals surface area contributed by atoms with E-state index >= 15 is 0 Å². The molecular weight excluding hydrogens is 723 g/mol. The highest BCUT2D eigenvalue weighted by atomic mass is 16.6. The molecule has 0 aromatic heterocycles. The predicted molar refractivity (Wildman–Crippen MR) is 227 cm³/mol. The normalized spacial score (nSPS) is 17.9. The van der Waals surface area contributed by atoms with E-state index in [9.17, 15) is 5.11 Å². The molecule has 2 aliphatic rings. The van der Waals surface area contributed by atoms with Crippen LogP contribution >= 0.6 is 0 Å². The van der Waals surface area contributed by atoms with Gasteiger partial charge in [0.05, 0.1) is 60.5 Å². The number of rotatable bonds is 31. The van der Waals surface area contributed by atoms with Crippen molar-refractivity contribution < 1.29 is 48.1 Å². The number of benzene rings is 2. The van der Waals surface area contributed by atoms with E-state index in [4.69, 9.17) is 43.0 Å².